The van der Waals surface area contributed by atoms with Crippen molar-refractivity contribution in [3.8, 4) is 5.75 Å². The van der Waals surface area contributed by atoms with Crippen molar-refractivity contribution in [3.05, 3.63) is 65.2 Å². The van der Waals surface area contributed by atoms with Gasteiger partial charge in [0.05, 0.1) is 5.56 Å². The monoisotopic (exact) mass is 448 g/mol. The molecule has 2 heteroatoms. The van der Waals surface area contributed by atoms with Crippen molar-refractivity contribution in [2.75, 3.05) is 0 Å². The van der Waals surface area contributed by atoms with Crippen LogP contribution in [0.1, 0.15) is 125 Å². The fraction of sp³-hybridized carbons (Fsp3) is 0.581. The Hall–Kier alpha value is -2.09. The van der Waals surface area contributed by atoms with Crippen LogP contribution in [0.15, 0.2) is 48.5 Å². The summed E-state index contributed by atoms with van der Waals surface area (Å²) in [6.07, 6.45) is 18.4. The molecule has 0 aliphatic heterocycles. The lowest BCUT2D eigenvalue weighted by molar-refractivity contribution is 0.0734. The molecule has 0 bridgehead atoms. The van der Waals surface area contributed by atoms with Crippen LogP contribution in [0, 0.1) is 5.92 Å². The first-order valence-electron chi connectivity index (χ1n) is 13.6. The third-order valence-corrected chi connectivity index (χ3v) is 7.38. The minimum Gasteiger partial charge on any atom is -0.423 e. The zero-order chi connectivity index (χ0) is 23.3. The minimum absolute atomic E-state index is 0.270. The second-order valence-electron chi connectivity index (χ2n) is 10.0. The largest absolute Gasteiger partial charge is 0.423 e. The van der Waals surface area contributed by atoms with Gasteiger partial charge in [0.25, 0.3) is 0 Å². The highest BCUT2D eigenvalue weighted by molar-refractivity contribution is 5.91. The number of hydrogen-bond donors (Lipinski definition) is 0. The van der Waals surface area contributed by atoms with E-state index < -0.39 is 0 Å². The fourth-order valence-corrected chi connectivity index (χ4v) is 5.18. The van der Waals surface area contributed by atoms with Crippen LogP contribution in [-0.4, -0.2) is 5.97 Å². The van der Waals surface area contributed by atoms with Gasteiger partial charge in [-0.25, -0.2) is 4.79 Å². The molecular weight excluding hydrogens is 404 g/mol. The second-order valence-corrected chi connectivity index (χ2v) is 10.0. The van der Waals surface area contributed by atoms with Gasteiger partial charge < -0.3 is 4.74 Å². The van der Waals surface area contributed by atoms with Crippen molar-refractivity contribution in [3.63, 3.8) is 0 Å². The molecule has 2 nitrogen and oxygen atoms in total. The number of carbonyl (C=O) groups is 1. The first-order chi connectivity index (χ1) is 16.2. The highest BCUT2D eigenvalue weighted by Gasteiger charge is 2.22. The lowest BCUT2D eigenvalue weighted by Crippen LogP contribution is -2.14. The summed E-state index contributed by atoms with van der Waals surface area (Å²) in [5.74, 6) is 1.92. The maximum Gasteiger partial charge on any atom is 0.343 e. The highest BCUT2D eigenvalue weighted by atomic mass is 16.5. The summed E-state index contributed by atoms with van der Waals surface area (Å²) in [6.45, 7) is 4.52. The van der Waals surface area contributed by atoms with Gasteiger partial charge in [-0.05, 0) is 85.8 Å². The van der Waals surface area contributed by atoms with Crippen molar-refractivity contribution in [2.45, 2.75) is 110 Å². The highest BCUT2D eigenvalue weighted by Crippen LogP contribution is 2.37. The third-order valence-electron chi connectivity index (χ3n) is 7.38. The molecule has 1 saturated carbocycles. The molecule has 0 spiro atoms. The van der Waals surface area contributed by atoms with Crippen molar-refractivity contribution in [1.29, 1.82) is 0 Å². The summed E-state index contributed by atoms with van der Waals surface area (Å²) in [7, 11) is 0. The zero-order valence-electron chi connectivity index (χ0n) is 21.0. The van der Waals surface area contributed by atoms with Crippen LogP contribution in [-0.2, 0) is 6.42 Å². The first kappa shape index (κ1) is 25.5. The summed E-state index contributed by atoms with van der Waals surface area (Å²) >= 11 is 0. The second kappa shape index (κ2) is 14.2. The molecule has 0 amide bonds. The Morgan fingerprint density at radius 2 is 1.39 bits per heavy atom. The smallest absolute Gasteiger partial charge is 0.343 e. The topological polar surface area (TPSA) is 26.3 Å². The molecule has 0 radical (unpaired) electrons. The normalized spacial score (nSPS) is 18.2. The Labute approximate surface area is 202 Å². The maximum absolute atomic E-state index is 12.6. The van der Waals surface area contributed by atoms with E-state index in [0.717, 1.165) is 12.3 Å². The summed E-state index contributed by atoms with van der Waals surface area (Å²) in [5.41, 5.74) is 3.32. The van der Waals surface area contributed by atoms with Gasteiger partial charge in [-0.3, -0.25) is 0 Å². The predicted molar refractivity (Wildman–Crippen MR) is 139 cm³/mol. The van der Waals surface area contributed by atoms with Crippen molar-refractivity contribution >= 4 is 5.97 Å². The van der Waals surface area contributed by atoms with Crippen LogP contribution < -0.4 is 4.74 Å². The van der Waals surface area contributed by atoms with Gasteiger partial charge in [0, 0.05) is 0 Å². The van der Waals surface area contributed by atoms with Gasteiger partial charge in [-0.15, -0.1) is 0 Å². The summed E-state index contributed by atoms with van der Waals surface area (Å²) in [4.78, 5) is 12.6. The Morgan fingerprint density at radius 3 is 2.03 bits per heavy atom. The van der Waals surface area contributed by atoms with E-state index >= 15 is 0 Å². The molecule has 2 aromatic carbocycles. The average molecular weight is 449 g/mol. The quantitative estimate of drug-likeness (QED) is 0.173. The Kier molecular flexibility index (Phi) is 11.0. The lowest BCUT2D eigenvalue weighted by atomic mass is 9.77. The van der Waals surface area contributed by atoms with Crippen LogP contribution in [0.2, 0.25) is 0 Å². The van der Waals surface area contributed by atoms with E-state index in [1.807, 2.05) is 24.3 Å². The molecule has 0 saturated heterocycles. The van der Waals surface area contributed by atoms with Crippen LogP contribution in [0.5, 0.6) is 5.75 Å². The summed E-state index contributed by atoms with van der Waals surface area (Å²) in [6, 6.07) is 16.2. The Morgan fingerprint density at radius 1 is 0.758 bits per heavy atom. The van der Waals surface area contributed by atoms with E-state index in [2.05, 4.69) is 38.1 Å². The molecule has 33 heavy (non-hydrogen) atoms. The number of hydrogen-bond acceptors (Lipinski definition) is 2. The number of unbranched alkanes of at least 4 members (excludes halogenated alkanes) is 6. The van der Waals surface area contributed by atoms with Crippen LogP contribution in [0.4, 0.5) is 0 Å². The number of aryl methyl sites for hydroxylation is 1. The predicted octanol–water partition coefficient (Wildman–Crippen LogP) is 9.27. The molecule has 0 atom stereocenters. The molecule has 1 aliphatic rings. The van der Waals surface area contributed by atoms with E-state index in [9.17, 15) is 4.79 Å². The zero-order valence-corrected chi connectivity index (χ0v) is 21.0. The van der Waals surface area contributed by atoms with Gasteiger partial charge in [-0.1, -0.05) is 89.5 Å². The van der Waals surface area contributed by atoms with E-state index in [0.29, 0.717) is 17.2 Å². The van der Waals surface area contributed by atoms with Crippen LogP contribution in [0.3, 0.4) is 0 Å². The Balaban J connectivity index is 1.43. The van der Waals surface area contributed by atoms with Crippen molar-refractivity contribution in [1.82, 2.24) is 0 Å². The minimum atomic E-state index is -0.270. The molecule has 0 aromatic heterocycles. The van der Waals surface area contributed by atoms with Gasteiger partial charge in [0.15, 0.2) is 0 Å². The first-order valence-corrected chi connectivity index (χ1v) is 13.6. The Bertz CT molecular complexity index is 798. The number of carbonyl (C=O) groups excluding carboxylic acids is 1. The molecule has 0 N–H and O–H groups in total. The average Bonchev–Trinajstić information content (AvgIpc) is 2.86. The molecule has 0 heterocycles. The molecule has 2 aromatic rings. The molecule has 3 rings (SSSR count). The van der Waals surface area contributed by atoms with E-state index in [1.54, 1.807) is 0 Å². The van der Waals surface area contributed by atoms with Crippen molar-refractivity contribution < 1.29 is 9.53 Å². The maximum atomic E-state index is 12.6. The molecule has 0 unspecified atom stereocenters. The number of ether oxygens (including phenoxy) is 1. The van der Waals surface area contributed by atoms with Crippen molar-refractivity contribution in [2.24, 2.45) is 5.92 Å². The van der Waals surface area contributed by atoms with E-state index in [-0.39, 0.29) is 5.97 Å². The number of esters is 1. The third kappa shape index (κ3) is 8.65. The summed E-state index contributed by atoms with van der Waals surface area (Å²) < 4.78 is 5.61. The number of rotatable bonds is 13. The summed E-state index contributed by atoms with van der Waals surface area (Å²) in [5, 5.41) is 0. The number of benzene rings is 2. The standard InChI is InChI=1S/C31H44O2/c1-3-5-7-9-11-25-13-17-27(18-14-25)28-19-21-29(22-20-28)31(32)33-30-23-15-26(16-24-30)12-10-8-6-4-2/h15-16,19-25,27H,3-14,17-18H2,1-2H3. The van der Waals surface area contributed by atoms with Gasteiger partial charge in [0.1, 0.15) is 5.75 Å². The van der Waals surface area contributed by atoms with E-state index in [1.165, 1.54) is 94.6 Å². The fourth-order valence-electron chi connectivity index (χ4n) is 5.18. The van der Waals surface area contributed by atoms with Crippen LogP contribution in [0.25, 0.3) is 0 Å². The molecule has 180 valence electrons. The lowest BCUT2D eigenvalue weighted by Gasteiger charge is -2.29. The van der Waals surface area contributed by atoms with Gasteiger partial charge in [0.2, 0.25) is 0 Å². The van der Waals surface area contributed by atoms with E-state index in [4.69, 9.17) is 4.74 Å². The molecule has 1 fully saturated rings. The SMILES string of the molecule is CCCCCCc1ccc(OC(=O)c2ccc(C3CCC(CCCCCC)CC3)cc2)cc1. The molecule has 1 aliphatic carbocycles. The van der Waals surface area contributed by atoms with Gasteiger partial charge in [-0.2, -0.15) is 0 Å². The van der Waals surface area contributed by atoms with Gasteiger partial charge >= 0.3 is 5.97 Å². The van der Waals surface area contributed by atoms with Crippen LogP contribution >= 0.6 is 0 Å². The molecular formula is C31H44O2.